The van der Waals surface area contributed by atoms with Gasteiger partial charge in [0.25, 0.3) is 16.0 Å². The van der Waals surface area contributed by atoms with E-state index in [2.05, 4.69) is 10.6 Å². The number of benzene rings is 3. The van der Waals surface area contributed by atoms with Crippen LogP contribution in [0.25, 0.3) is 10.8 Å². The van der Waals surface area contributed by atoms with Gasteiger partial charge in [-0.25, -0.2) is 0 Å². The lowest BCUT2D eigenvalue weighted by molar-refractivity contribution is -0.138. The number of aromatic hydroxyl groups is 1. The first-order valence-electron chi connectivity index (χ1n) is 9.20. The Hall–Kier alpha value is -3.96. The normalized spacial score (nSPS) is 11.2. The number of fused-ring (bicyclic) bond motifs is 1. The van der Waals surface area contributed by atoms with Crippen LogP contribution in [0.3, 0.4) is 0 Å². The van der Waals surface area contributed by atoms with Crippen LogP contribution in [0.15, 0.2) is 59.5 Å². The van der Waals surface area contributed by atoms with Crippen molar-refractivity contribution in [2.24, 2.45) is 0 Å². The van der Waals surface area contributed by atoms with Crippen molar-refractivity contribution in [1.82, 2.24) is 0 Å². The lowest BCUT2D eigenvalue weighted by Gasteiger charge is -2.09. The Morgan fingerprint density at radius 1 is 0.844 bits per heavy atom. The summed E-state index contributed by atoms with van der Waals surface area (Å²) in [7, 11) is -4.52. The average molecular weight is 458 g/mol. The molecule has 0 aliphatic rings. The fourth-order valence-electron chi connectivity index (χ4n) is 2.90. The highest BCUT2D eigenvalue weighted by Crippen LogP contribution is 2.30. The largest absolute Gasteiger partial charge is 0.507 e. The first-order valence-corrected chi connectivity index (χ1v) is 10.6. The van der Waals surface area contributed by atoms with Gasteiger partial charge in [-0.15, -0.1) is 0 Å². The maximum atomic E-state index is 12.5. The van der Waals surface area contributed by atoms with Crippen LogP contribution in [0.2, 0.25) is 0 Å². The molecule has 10 nitrogen and oxygen atoms in total. The number of hydrogen-bond acceptors (Lipinski definition) is 6. The van der Waals surface area contributed by atoms with Crippen molar-refractivity contribution in [3.63, 3.8) is 0 Å². The Bertz CT molecular complexity index is 1320. The highest BCUT2D eigenvalue weighted by Gasteiger charge is 2.14. The molecular formula is C21H18N2O8S. The zero-order valence-electron chi connectivity index (χ0n) is 16.4. The van der Waals surface area contributed by atoms with Crippen molar-refractivity contribution in [3.05, 3.63) is 60.2 Å². The topological polar surface area (TPSA) is 170 Å². The van der Waals surface area contributed by atoms with Gasteiger partial charge in [0, 0.05) is 34.8 Å². The van der Waals surface area contributed by atoms with E-state index in [1.54, 1.807) is 0 Å². The number of phenolic OH excluding ortho intramolecular Hbond substituents is 1. The average Bonchev–Trinajstić information content (AvgIpc) is 2.72. The molecule has 11 heteroatoms. The summed E-state index contributed by atoms with van der Waals surface area (Å²) in [6, 6.07) is 12.5. The van der Waals surface area contributed by atoms with Gasteiger partial charge in [-0.3, -0.25) is 18.9 Å². The second-order valence-corrected chi connectivity index (χ2v) is 8.25. The van der Waals surface area contributed by atoms with Crippen LogP contribution in [0.1, 0.15) is 23.2 Å². The van der Waals surface area contributed by atoms with Gasteiger partial charge in [-0.05, 0) is 53.9 Å². The van der Waals surface area contributed by atoms with Crippen LogP contribution in [0, 0.1) is 0 Å². The van der Waals surface area contributed by atoms with E-state index in [4.69, 9.17) is 5.11 Å². The minimum absolute atomic E-state index is 0.172. The Morgan fingerprint density at radius 2 is 1.50 bits per heavy atom. The van der Waals surface area contributed by atoms with E-state index in [1.807, 2.05) is 0 Å². The Labute approximate surface area is 182 Å². The number of aliphatic carboxylic acids is 1. The Balaban J connectivity index is 1.73. The van der Waals surface area contributed by atoms with Crippen molar-refractivity contribution in [3.8, 4) is 5.75 Å². The molecule has 0 fully saturated rings. The van der Waals surface area contributed by atoms with Gasteiger partial charge in [0.05, 0.1) is 11.3 Å². The number of hydrogen-bond donors (Lipinski definition) is 5. The minimum Gasteiger partial charge on any atom is -0.507 e. The fraction of sp³-hybridized carbons (Fsp3) is 0.0952. The van der Waals surface area contributed by atoms with Crippen LogP contribution >= 0.6 is 0 Å². The van der Waals surface area contributed by atoms with E-state index in [9.17, 15) is 32.5 Å². The molecule has 0 aromatic heterocycles. The molecule has 0 aliphatic heterocycles. The summed E-state index contributed by atoms with van der Waals surface area (Å²) < 4.78 is 31.9. The van der Waals surface area contributed by atoms with Gasteiger partial charge in [-0.2, -0.15) is 8.42 Å². The van der Waals surface area contributed by atoms with E-state index in [0.29, 0.717) is 16.8 Å². The molecule has 0 saturated heterocycles. The molecule has 3 aromatic carbocycles. The van der Waals surface area contributed by atoms with Gasteiger partial charge in [0.1, 0.15) is 5.75 Å². The van der Waals surface area contributed by atoms with E-state index in [0.717, 1.165) is 6.07 Å². The van der Waals surface area contributed by atoms with Crippen molar-refractivity contribution >= 4 is 50.0 Å². The monoisotopic (exact) mass is 458 g/mol. The molecule has 0 saturated carbocycles. The minimum atomic E-state index is -4.52. The number of phenols is 1. The molecule has 3 rings (SSSR count). The summed E-state index contributed by atoms with van der Waals surface area (Å²) in [4.78, 5) is 34.2. The van der Waals surface area contributed by atoms with E-state index in [-0.39, 0.29) is 29.5 Å². The first kappa shape index (κ1) is 22.7. The van der Waals surface area contributed by atoms with Crippen molar-refractivity contribution in [1.29, 1.82) is 0 Å². The second kappa shape index (κ2) is 9.04. The predicted octanol–water partition coefficient (Wildman–Crippen LogP) is 2.85. The lowest BCUT2D eigenvalue weighted by atomic mass is 10.1. The van der Waals surface area contributed by atoms with Crippen LogP contribution < -0.4 is 10.6 Å². The molecule has 0 bridgehead atoms. The number of carbonyl (C=O) groups excluding carboxylic acids is 2. The lowest BCUT2D eigenvalue weighted by Crippen LogP contribution is -2.14. The number of nitrogens with one attached hydrogen (secondary N) is 2. The van der Waals surface area contributed by atoms with Crippen LogP contribution in [-0.4, -0.2) is 41.0 Å². The third-order valence-corrected chi connectivity index (χ3v) is 5.29. The smallest absolute Gasteiger partial charge is 0.303 e. The number of rotatable bonds is 7. The number of carboxylic acid groups (broad SMARTS) is 1. The molecule has 2 amide bonds. The van der Waals surface area contributed by atoms with E-state index < -0.39 is 32.8 Å². The third kappa shape index (κ3) is 5.59. The standard InChI is InChI=1S/C21H18N2O8S/c24-18-11-16(32(29,30)31)10-13-9-15(5-6-17(13)18)23-21(28)12-1-3-14(4-2-12)22-19(25)7-8-20(26)27/h1-6,9-11,24H,7-8H2,(H,22,25)(H,23,28)(H,26,27)(H,29,30,31). The summed E-state index contributed by atoms with van der Waals surface area (Å²) >= 11 is 0. The molecule has 5 N–H and O–H groups in total. The number of amides is 2. The van der Waals surface area contributed by atoms with E-state index in [1.165, 1.54) is 48.5 Å². The molecule has 0 unspecified atom stereocenters. The summed E-state index contributed by atoms with van der Waals surface area (Å²) in [5.41, 5.74) is 0.986. The van der Waals surface area contributed by atoms with Crippen LogP contribution in [0.5, 0.6) is 5.75 Å². The van der Waals surface area contributed by atoms with Crippen molar-refractivity contribution < 1.29 is 37.6 Å². The maximum Gasteiger partial charge on any atom is 0.303 e. The number of anilines is 2. The Kier molecular flexibility index (Phi) is 6.42. The molecule has 0 spiro atoms. The zero-order chi connectivity index (χ0) is 23.5. The maximum absolute atomic E-state index is 12.5. The zero-order valence-corrected chi connectivity index (χ0v) is 17.2. The summed E-state index contributed by atoms with van der Waals surface area (Å²) in [6.45, 7) is 0. The molecule has 32 heavy (non-hydrogen) atoms. The van der Waals surface area contributed by atoms with Gasteiger partial charge in [0.2, 0.25) is 5.91 Å². The number of carboxylic acids is 1. The van der Waals surface area contributed by atoms with Crippen LogP contribution in [0.4, 0.5) is 11.4 Å². The number of carbonyl (C=O) groups is 3. The van der Waals surface area contributed by atoms with Gasteiger partial charge < -0.3 is 20.8 Å². The third-order valence-electron chi connectivity index (χ3n) is 4.46. The van der Waals surface area contributed by atoms with Gasteiger partial charge in [-0.1, -0.05) is 0 Å². The summed E-state index contributed by atoms with van der Waals surface area (Å²) in [6.07, 6.45) is -0.462. The predicted molar refractivity (Wildman–Crippen MR) is 115 cm³/mol. The van der Waals surface area contributed by atoms with E-state index >= 15 is 0 Å². The summed E-state index contributed by atoms with van der Waals surface area (Å²) in [5.74, 6) is -2.36. The van der Waals surface area contributed by atoms with Crippen molar-refractivity contribution in [2.75, 3.05) is 10.6 Å². The molecule has 3 aromatic rings. The SMILES string of the molecule is O=C(O)CCC(=O)Nc1ccc(C(=O)Nc2ccc3c(O)cc(S(=O)(=O)O)cc3c2)cc1. The Morgan fingerprint density at radius 3 is 2.12 bits per heavy atom. The highest BCUT2D eigenvalue weighted by atomic mass is 32.2. The first-order chi connectivity index (χ1) is 15.0. The summed E-state index contributed by atoms with van der Waals surface area (Å²) in [5, 5.41) is 24.4. The molecule has 0 heterocycles. The fourth-order valence-corrected chi connectivity index (χ4v) is 3.44. The molecule has 0 aliphatic carbocycles. The van der Waals surface area contributed by atoms with Gasteiger partial charge in [0.15, 0.2) is 0 Å². The van der Waals surface area contributed by atoms with Crippen molar-refractivity contribution in [2.45, 2.75) is 17.7 Å². The second-order valence-electron chi connectivity index (χ2n) is 6.83. The molecule has 0 atom stereocenters. The molecule has 0 radical (unpaired) electrons. The van der Waals surface area contributed by atoms with Crippen LogP contribution in [-0.2, 0) is 19.7 Å². The molecule has 166 valence electrons. The molecular weight excluding hydrogens is 440 g/mol. The quantitative estimate of drug-likeness (QED) is 0.336. The van der Waals surface area contributed by atoms with Gasteiger partial charge >= 0.3 is 5.97 Å². The highest BCUT2D eigenvalue weighted by molar-refractivity contribution is 7.85.